The summed E-state index contributed by atoms with van der Waals surface area (Å²) in [5.74, 6) is -3.73. The number of ether oxygens (including phenoxy) is 1. The van der Waals surface area contributed by atoms with Crippen LogP contribution in [0.15, 0.2) is 42.6 Å². The van der Waals surface area contributed by atoms with Crippen LogP contribution in [0.3, 0.4) is 0 Å². The number of benzene rings is 2. The van der Waals surface area contributed by atoms with Gasteiger partial charge in [0.05, 0.1) is 16.8 Å². The van der Waals surface area contributed by atoms with Crippen molar-refractivity contribution in [3.8, 4) is 5.75 Å². The van der Waals surface area contributed by atoms with Crippen molar-refractivity contribution in [3.05, 3.63) is 59.8 Å². The highest BCUT2D eigenvalue weighted by atomic mass is 19.4. The van der Waals surface area contributed by atoms with Crippen molar-refractivity contribution in [3.63, 3.8) is 0 Å². The third-order valence-corrected chi connectivity index (χ3v) is 5.62. The minimum absolute atomic E-state index is 0.126. The molecule has 180 valence electrons. The number of halogens is 5. The number of nitrogens with one attached hydrogen (secondary N) is 3. The van der Waals surface area contributed by atoms with Gasteiger partial charge in [0.25, 0.3) is 0 Å². The molecule has 0 unspecified atom stereocenters. The standard InChI is InChI=1S/C23H20F5N3O3/c24-17-9-16-19(10-18(17)25)29-11-20(16)31-22(33)21(32)30-13-2-1-3-15(8-13)34-14-6-4-12(5-7-14)23(26,27)28/h4-7,9-11,13,15,29H,1-3,8H2,(H,30,32)(H,31,33)/t13-,15-/m0/s1. The fourth-order valence-electron chi connectivity index (χ4n) is 3.95. The van der Waals surface area contributed by atoms with E-state index in [9.17, 15) is 31.5 Å². The molecular formula is C23H20F5N3O3. The molecule has 2 amide bonds. The number of aromatic nitrogens is 1. The van der Waals surface area contributed by atoms with Gasteiger partial charge >= 0.3 is 18.0 Å². The monoisotopic (exact) mass is 481 g/mol. The molecule has 1 aliphatic carbocycles. The van der Waals surface area contributed by atoms with Crippen LogP contribution in [0.2, 0.25) is 0 Å². The zero-order chi connectivity index (χ0) is 24.5. The number of carbonyl (C=O) groups is 2. The molecule has 0 radical (unpaired) electrons. The molecule has 1 fully saturated rings. The highest BCUT2D eigenvalue weighted by Gasteiger charge is 2.31. The molecule has 1 aliphatic rings. The van der Waals surface area contributed by atoms with E-state index in [1.54, 1.807) is 0 Å². The fourth-order valence-corrected chi connectivity index (χ4v) is 3.95. The molecule has 34 heavy (non-hydrogen) atoms. The van der Waals surface area contributed by atoms with Crippen LogP contribution in [0.1, 0.15) is 31.2 Å². The van der Waals surface area contributed by atoms with Crippen LogP contribution in [0, 0.1) is 11.6 Å². The molecule has 11 heteroatoms. The number of anilines is 1. The van der Waals surface area contributed by atoms with Crippen molar-refractivity contribution in [2.24, 2.45) is 0 Å². The van der Waals surface area contributed by atoms with Crippen LogP contribution in [-0.2, 0) is 15.8 Å². The number of aromatic amines is 1. The smallest absolute Gasteiger partial charge is 0.416 e. The van der Waals surface area contributed by atoms with Crippen molar-refractivity contribution < 1.29 is 36.3 Å². The van der Waals surface area contributed by atoms with Gasteiger partial charge < -0.3 is 20.4 Å². The lowest BCUT2D eigenvalue weighted by atomic mass is 9.92. The summed E-state index contributed by atoms with van der Waals surface area (Å²) in [6, 6.07) is 5.85. The Balaban J connectivity index is 1.33. The van der Waals surface area contributed by atoms with Gasteiger partial charge in [0.15, 0.2) is 11.6 Å². The summed E-state index contributed by atoms with van der Waals surface area (Å²) in [6.07, 6.45) is -1.14. The molecule has 0 saturated heterocycles. The van der Waals surface area contributed by atoms with E-state index in [1.165, 1.54) is 18.3 Å². The van der Waals surface area contributed by atoms with Crippen molar-refractivity contribution in [2.45, 2.75) is 44.0 Å². The summed E-state index contributed by atoms with van der Waals surface area (Å²) < 4.78 is 70.7. The van der Waals surface area contributed by atoms with Crippen LogP contribution in [0.25, 0.3) is 10.9 Å². The van der Waals surface area contributed by atoms with E-state index in [2.05, 4.69) is 15.6 Å². The van der Waals surface area contributed by atoms with Gasteiger partial charge in [0, 0.05) is 30.1 Å². The molecule has 1 saturated carbocycles. The summed E-state index contributed by atoms with van der Waals surface area (Å²) in [5, 5.41) is 5.21. The molecule has 2 atom stereocenters. The normalized spacial score (nSPS) is 18.5. The average molecular weight is 481 g/mol. The molecule has 0 aliphatic heterocycles. The topological polar surface area (TPSA) is 83.2 Å². The van der Waals surface area contributed by atoms with E-state index in [0.717, 1.165) is 24.3 Å². The quantitative estimate of drug-likeness (QED) is 0.366. The van der Waals surface area contributed by atoms with E-state index in [1.807, 2.05) is 0 Å². The average Bonchev–Trinajstić information content (AvgIpc) is 3.15. The van der Waals surface area contributed by atoms with Crippen LogP contribution in [0.5, 0.6) is 5.75 Å². The summed E-state index contributed by atoms with van der Waals surface area (Å²) in [4.78, 5) is 27.4. The van der Waals surface area contributed by atoms with Crippen molar-refractivity contribution in [1.82, 2.24) is 10.3 Å². The first-order chi connectivity index (χ1) is 16.1. The molecule has 2 aromatic carbocycles. The van der Waals surface area contributed by atoms with E-state index in [4.69, 9.17) is 4.74 Å². The molecule has 0 bridgehead atoms. The maximum absolute atomic E-state index is 13.5. The number of amides is 2. The van der Waals surface area contributed by atoms with Crippen molar-refractivity contribution in [1.29, 1.82) is 0 Å². The summed E-state index contributed by atoms with van der Waals surface area (Å²) >= 11 is 0. The zero-order valence-electron chi connectivity index (χ0n) is 17.6. The highest BCUT2D eigenvalue weighted by Crippen LogP contribution is 2.31. The number of hydrogen-bond donors (Lipinski definition) is 3. The Morgan fingerprint density at radius 3 is 2.41 bits per heavy atom. The maximum Gasteiger partial charge on any atom is 0.416 e. The van der Waals surface area contributed by atoms with E-state index in [0.29, 0.717) is 25.7 Å². The van der Waals surface area contributed by atoms with Gasteiger partial charge in [-0.25, -0.2) is 8.78 Å². The SMILES string of the molecule is O=C(Nc1c[nH]c2cc(F)c(F)cc12)C(=O)N[C@H]1CCC[C@H](Oc2ccc(C(F)(F)F)cc2)C1. The Hall–Kier alpha value is -3.63. The Morgan fingerprint density at radius 1 is 1.00 bits per heavy atom. The van der Waals surface area contributed by atoms with Gasteiger partial charge in [0.2, 0.25) is 0 Å². The molecule has 4 rings (SSSR count). The number of fused-ring (bicyclic) bond motifs is 1. The Labute approximate surface area is 190 Å². The first-order valence-electron chi connectivity index (χ1n) is 10.5. The van der Waals surface area contributed by atoms with Gasteiger partial charge in [-0.15, -0.1) is 0 Å². The number of rotatable bonds is 4. The molecule has 3 N–H and O–H groups in total. The fraction of sp³-hybridized carbons (Fsp3) is 0.304. The lowest BCUT2D eigenvalue weighted by Gasteiger charge is -2.30. The second-order valence-electron chi connectivity index (χ2n) is 8.07. The molecular weight excluding hydrogens is 461 g/mol. The van der Waals surface area contributed by atoms with Crippen molar-refractivity contribution >= 4 is 28.4 Å². The van der Waals surface area contributed by atoms with Gasteiger partial charge in [0.1, 0.15) is 11.9 Å². The predicted molar refractivity (Wildman–Crippen MR) is 113 cm³/mol. The molecule has 1 aromatic heterocycles. The Bertz CT molecular complexity index is 1210. The minimum atomic E-state index is -4.43. The zero-order valence-corrected chi connectivity index (χ0v) is 17.6. The van der Waals surface area contributed by atoms with Gasteiger partial charge in [-0.05, 0) is 49.6 Å². The Kier molecular flexibility index (Phi) is 6.45. The number of H-pyrrole nitrogens is 1. The van der Waals surface area contributed by atoms with Gasteiger partial charge in [-0.1, -0.05) is 0 Å². The van der Waals surface area contributed by atoms with E-state index >= 15 is 0 Å². The molecule has 0 spiro atoms. The molecule has 1 heterocycles. The van der Waals surface area contributed by atoms with Crippen LogP contribution >= 0.6 is 0 Å². The summed E-state index contributed by atoms with van der Waals surface area (Å²) in [5.41, 5.74) is -0.394. The first kappa shape index (κ1) is 23.5. The van der Waals surface area contributed by atoms with Crippen LogP contribution < -0.4 is 15.4 Å². The largest absolute Gasteiger partial charge is 0.490 e. The number of carbonyl (C=O) groups excluding carboxylic acids is 2. The van der Waals surface area contributed by atoms with E-state index < -0.39 is 35.2 Å². The number of hydrogen-bond acceptors (Lipinski definition) is 3. The molecule has 6 nitrogen and oxygen atoms in total. The third-order valence-electron chi connectivity index (χ3n) is 5.62. The first-order valence-corrected chi connectivity index (χ1v) is 10.5. The minimum Gasteiger partial charge on any atom is -0.490 e. The van der Waals surface area contributed by atoms with E-state index in [-0.39, 0.29) is 34.5 Å². The van der Waals surface area contributed by atoms with Gasteiger partial charge in [-0.2, -0.15) is 13.2 Å². The molecule has 3 aromatic rings. The number of alkyl halides is 3. The lowest BCUT2D eigenvalue weighted by Crippen LogP contribution is -2.45. The second kappa shape index (κ2) is 9.32. The van der Waals surface area contributed by atoms with Gasteiger partial charge in [-0.3, -0.25) is 9.59 Å². The van der Waals surface area contributed by atoms with Crippen LogP contribution in [0.4, 0.5) is 27.6 Å². The maximum atomic E-state index is 13.5. The summed E-state index contributed by atoms with van der Waals surface area (Å²) in [6.45, 7) is 0. The Morgan fingerprint density at radius 2 is 1.71 bits per heavy atom. The second-order valence-corrected chi connectivity index (χ2v) is 8.07. The highest BCUT2D eigenvalue weighted by molar-refractivity contribution is 6.40. The van der Waals surface area contributed by atoms with Crippen molar-refractivity contribution in [2.75, 3.05) is 5.32 Å². The third kappa shape index (κ3) is 5.29. The summed E-state index contributed by atoms with van der Waals surface area (Å²) in [7, 11) is 0. The van der Waals surface area contributed by atoms with Crippen LogP contribution in [-0.4, -0.2) is 28.9 Å². The lowest BCUT2D eigenvalue weighted by molar-refractivity contribution is -0.137. The predicted octanol–water partition coefficient (Wildman–Crippen LogP) is 4.91.